The van der Waals surface area contributed by atoms with Gasteiger partial charge in [-0.05, 0) is 24.1 Å². The van der Waals surface area contributed by atoms with Crippen LogP contribution in [0.5, 0.6) is 0 Å². The van der Waals surface area contributed by atoms with E-state index in [1.807, 2.05) is 6.20 Å². The Morgan fingerprint density at radius 3 is 2.74 bits per heavy atom. The van der Waals surface area contributed by atoms with Crippen LogP contribution in [-0.2, 0) is 0 Å². The lowest BCUT2D eigenvalue weighted by molar-refractivity contribution is 0.981. The van der Waals surface area contributed by atoms with E-state index in [2.05, 4.69) is 46.8 Å². The first-order valence-corrected chi connectivity index (χ1v) is 7.39. The molecule has 4 rings (SSSR count). The number of pyridine rings is 1. The summed E-state index contributed by atoms with van der Waals surface area (Å²) in [5.74, 6) is 0.528. The molecule has 1 aliphatic rings. The summed E-state index contributed by atoms with van der Waals surface area (Å²) in [6, 6.07) is 13.1. The van der Waals surface area contributed by atoms with Crippen LogP contribution in [-0.4, -0.2) is 11.0 Å². The Bertz CT molecular complexity index is 730. The third kappa shape index (κ3) is 1.86. The van der Waals surface area contributed by atoms with Crippen LogP contribution in [0.3, 0.4) is 0 Å². The van der Waals surface area contributed by atoms with Crippen LogP contribution in [0.2, 0.25) is 0 Å². The average molecular weight is 266 g/mol. The minimum absolute atomic E-state index is 0.342. The van der Waals surface area contributed by atoms with Gasteiger partial charge in [0.05, 0.1) is 5.69 Å². The number of nitrogens with zero attached hydrogens (tertiary/aromatic N) is 1. The molecular weight excluding hydrogens is 252 g/mol. The average Bonchev–Trinajstić information content (AvgIpc) is 3.03. The van der Waals surface area contributed by atoms with Gasteiger partial charge >= 0.3 is 0 Å². The lowest BCUT2D eigenvalue weighted by Crippen LogP contribution is -2.01. The molecule has 0 unspecified atom stereocenters. The third-order valence-electron chi connectivity index (χ3n) is 3.81. The zero-order valence-electron chi connectivity index (χ0n) is 10.4. The smallest absolute Gasteiger partial charge is 0.0716 e. The fourth-order valence-electron chi connectivity index (χ4n) is 2.56. The van der Waals surface area contributed by atoms with Crippen LogP contribution >= 0.6 is 11.3 Å². The molecule has 0 bridgehead atoms. The lowest BCUT2D eigenvalue weighted by atomic mass is 10.1. The summed E-state index contributed by atoms with van der Waals surface area (Å²) >= 11 is 1.77. The predicted octanol–water partition coefficient (Wildman–Crippen LogP) is 3.78. The SMILES string of the molecule is N[C@@H]1C[C@H]1c1ccc(-c2csc3ccccc23)nc1. The minimum atomic E-state index is 0.342. The summed E-state index contributed by atoms with van der Waals surface area (Å²) in [5, 5.41) is 3.48. The second kappa shape index (κ2) is 4.15. The molecule has 0 amide bonds. The Labute approximate surface area is 115 Å². The summed E-state index contributed by atoms with van der Waals surface area (Å²) in [4.78, 5) is 4.62. The molecule has 1 saturated carbocycles. The van der Waals surface area contributed by atoms with Gasteiger partial charge in [0.25, 0.3) is 0 Å². The van der Waals surface area contributed by atoms with Crippen molar-refractivity contribution in [2.45, 2.75) is 18.4 Å². The molecule has 2 aromatic heterocycles. The van der Waals surface area contributed by atoms with E-state index in [0.29, 0.717) is 12.0 Å². The van der Waals surface area contributed by atoms with Gasteiger partial charge in [0.2, 0.25) is 0 Å². The minimum Gasteiger partial charge on any atom is -0.327 e. The maximum absolute atomic E-state index is 5.88. The topological polar surface area (TPSA) is 38.9 Å². The molecule has 19 heavy (non-hydrogen) atoms. The first kappa shape index (κ1) is 11.1. The third-order valence-corrected chi connectivity index (χ3v) is 4.77. The van der Waals surface area contributed by atoms with Crippen molar-refractivity contribution in [3.8, 4) is 11.3 Å². The first-order valence-electron chi connectivity index (χ1n) is 6.51. The monoisotopic (exact) mass is 266 g/mol. The molecule has 0 spiro atoms. The van der Waals surface area contributed by atoms with Crippen LogP contribution < -0.4 is 5.73 Å². The fraction of sp³-hybridized carbons (Fsp3) is 0.188. The molecule has 1 fully saturated rings. The van der Waals surface area contributed by atoms with Gasteiger partial charge in [-0.2, -0.15) is 0 Å². The zero-order chi connectivity index (χ0) is 12.8. The highest BCUT2D eigenvalue weighted by Crippen LogP contribution is 2.39. The van der Waals surface area contributed by atoms with Crippen LogP contribution in [0, 0.1) is 0 Å². The van der Waals surface area contributed by atoms with E-state index < -0.39 is 0 Å². The number of hydrogen-bond acceptors (Lipinski definition) is 3. The molecule has 94 valence electrons. The van der Waals surface area contributed by atoms with Gasteiger partial charge in [-0.1, -0.05) is 24.3 Å². The second-order valence-electron chi connectivity index (χ2n) is 5.13. The molecule has 0 radical (unpaired) electrons. The molecule has 3 aromatic rings. The van der Waals surface area contributed by atoms with Crippen molar-refractivity contribution in [1.29, 1.82) is 0 Å². The van der Waals surface area contributed by atoms with Crippen LogP contribution in [0.15, 0.2) is 48.0 Å². The zero-order valence-corrected chi connectivity index (χ0v) is 11.2. The summed E-state index contributed by atoms with van der Waals surface area (Å²) in [7, 11) is 0. The Kier molecular flexibility index (Phi) is 2.43. The van der Waals surface area contributed by atoms with Crippen molar-refractivity contribution in [2.24, 2.45) is 5.73 Å². The summed E-state index contributed by atoms with van der Waals surface area (Å²) in [6.07, 6.45) is 3.09. The maximum Gasteiger partial charge on any atom is 0.0716 e. The number of benzene rings is 1. The Hall–Kier alpha value is -1.71. The van der Waals surface area contributed by atoms with E-state index in [1.54, 1.807) is 11.3 Å². The fourth-order valence-corrected chi connectivity index (χ4v) is 3.51. The standard InChI is InChI=1S/C16H14N2S/c17-14-7-12(14)10-5-6-15(18-8-10)13-9-19-16-4-2-1-3-11(13)16/h1-6,8-9,12,14H,7,17H2/t12-,14+/m0/s1. The van der Waals surface area contributed by atoms with Gasteiger partial charge in [0, 0.05) is 39.2 Å². The quantitative estimate of drug-likeness (QED) is 0.766. The number of fused-ring (bicyclic) bond motifs is 1. The molecule has 2 nitrogen and oxygen atoms in total. The van der Waals surface area contributed by atoms with E-state index >= 15 is 0 Å². The molecule has 2 atom stereocenters. The van der Waals surface area contributed by atoms with E-state index in [-0.39, 0.29) is 0 Å². The van der Waals surface area contributed by atoms with Crippen molar-refractivity contribution in [2.75, 3.05) is 0 Å². The number of rotatable bonds is 2. The van der Waals surface area contributed by atoms with Gasteiger partial charge < -0.3 is 5.73 Å². The molecular formula is C16H14N2S. The Morgan fingerprint density at radius 1 is 1.16 bits per heavy atom. The highest BCUT2D eigenvalue weighted by Gasteiger charge is 2.34. The number of aromatic nitrogens is 1. The van der Waals surface area contributed by atoms with E-state index in [0.717, 1.165) is 12.1 Å². The molecule has 1 aliphatic carbocycles. The summed E-state index contributed by atoms with van der Waals surface area (Å²) < 4.78 is 1.31. The lowest BCUT2D eigenvalue weighted by Gasteiger charge is -2.02. The largest absolute Gasteiger partial charge is 0.327 e. The predicted molar refractivity (Wildman–Crippen MR) is 80.4 cm³/mol. The van der Waals surface area contributed by atoms with Crippen LogP contribution in [0.4, 0.5) is 0 Å². The van der Waals surface area contributed by atoms with Gasteiger partial charge in [0.1, 0.15) is 0 Å². The Morgan fingerprint density at radius 2 is 2.00 bits per heavy atom. The van der Waals surface area contributed by atoms with Crippen molar-refractivity contribution < 1.29 is 0 Å². The van der Waals surface area contributed by atoms with E-state index in [4.69, 9.17) is 5.73 Å². The van der Waals surface area contributed by atoms with Crippen molar-refractivity contribution >= 4 is 21.4 Å². The van der Waals surface area contributed by atoms with Gasteiger partial charge in [-0.3, -0.25) is 4.98 Å². The molecule has 2 heterocycles. The molecule has 0 saturated heterocycles. The maximum atomic E-state index is 5.88. The van der Waals surface area contributed by atoms with E-state index in [9.17, 15) is 0 Å². The number of thiophene rings is 1. The molecule has 0 aliphatic heterocycles. The van der Waals surface area contributed by atoms with Crippen molar-refractivity contribution in [3.63, 3.8) is 0 Å². The van der Waals surface area contributed by atoms with Gasteiger partial charge in [0.15, 0.2) is 0 Å². The van der Waals surface area contributed by atoms with Crippen LogP contribution in [0.25, 0.3) is 21.3 Å². The normalized spacial score (nSPS) is 21.7. The summed E-state index contributed by atoms with van der Waals surface area (Å²) in [5.41, 5.74) is 9.43. The number of hydrogen-bond donors (Lipinski definition) is 1. The Balaban J connectivity index is 1.75. The van der Waals surface area contributed by atoms with Crippen molar-refractivity contribution in [3.05, 3.63) is 53.5 Å². The summed E-state index contributed by atoms with van der Waals surface area (Å²) in [6.45, 7) is 0. The highest BCUT2D eigenvalue weighted by atomic mass is 32.1. The second-order valence-corrected chi connectivity index (χ2v) is 6.04. The van der Waals surface area contributed by atoms with Crippen molar-refractivity contribution in [1.82, 2.24) is 4.98 Å². The van der Waals surface area contributed by atoms with Gasteiger partial charge in [-0.15, -0.1) is 11.3 Å². The number of nitrogens with two attached hydrogens (primary N) is 1. The van der Waals surface area contributed by atoms with E-state index in [1.165, 1.54) is 21.2 Å². The highest BCUT2D eigenvalue weighted by molar-refractivity contribution is 7.17. The van der Waals surface area contributed by atoms with Gasteiger partial charge in [-0.25, -0.2) is 0 Å². The van der Waals surface area contributed by atoms with Crippen LogP contribution in [0.1, 0.15) is 17.9 Å². The molecule has 3 heteroatoms. The first-order chi connectivity index (χ1) is 9.33. The molecule has 1 aromatic carbocycles. The molecule has 2 N–H and O–H groups in total.